The highest BCUT2D eigenvalue weighted by molar-refractivity contribution is 6.18. The van der Waals surface area contributed by atoms with Gasteiger partial charge in [-0.3, -0.25) is 0 Å². The van der Waals surface area contributed by atoms with E-state index < -0.39 is 5.41 Å². The summed E-state index contributed by atoms with van der Waals surface area (Å²) in [4.78, 5) is 0. The molecule has 1 heteroatoms. The van der Waals surface area contributed by atoms with Crippen molar-refractivity contribution >= 4 is 32.6 Å². The van der Waals surface area contributed by atoms with E-state index in [-0.39, 0.29) is 0 Å². The van der Waals surface area contributed by atoms with Gasteiger partial charge < -0.3 is 4.57 Å². The second-order valence-electron chi connectivity index (χ2n) is 16.5. The minimum atomic E-state index is -0.491. The summed E-state index contributed by atoms with van der Waals surface area (Å²) in [6, 6.07) is 87.7. The number of rotatable bonds is 7. The third-order valence-electron chi connectivity index (χ3n) is 13.1. The van der Waals surface area contributed by atoms with Crippen LogP contribution in [0.25, 0.3) is 71.6 Å². The van der Waals surface area contributed by atoms with Crippen LogP contribution in [0, 0.1) is 0 Å². The average molecular weight is 776 g/mol. The minimum Gasteiger partial charge on any atom is -0.309 e. The van der Waals surface area contributed by atoms with Crippen LogP contribution >= 0.6 is 0 Å². The Morgan fingerprint density at radius 1 is 0.344 bits per heavy atom. The van der Waals surface area contributed by atoms with Crippen LogP contribution in [0.1, 0.15) is 33.4 Å². The van der Waals surface area contributed by atoms with Crippen LogP contribution in [0.5, 0.6) is 0 Å². The number of benzene rings is 10. The maximum atomic E-state index is 2.51. The molecule has 1 nitrogen and oxygen atoms in total. The molecule has 0 aliphatic heterocycles. The molecule has 12 rings (SSSR count). The number of fused-ring (bicyclic) bond motifs is 8. The molecule has 1 aliphatic carbocycles. The molecule has 1 atom stereocenters. The predicted molar refractivity (Wildman–Crippen MR) is 256 cm³/mol. The van der Waals surface area contributed by atoms with E-state index >= 15 is 0 Å². The highest BCUT2D eigenvalue weighted by Gasteiger charge is 2.46. The van der Waals surface area contributed by atoms with Crippen molar-refractivity contribution in [1.29, 1.82) is 0 Å². The molecule has 1 aromatic heterocycles. The SMILES string of the molecule is c1ccc(-c2cccc(-n3c4cc(Cc5ccc6c(c5)C(c5ccccc5)(c5cccc(-c7ccccc7)c5)c5ccccc5-6)ccc4c4ccc5ccccc5c43)c2)cc1. The fraction of sp³-hybridized carbons (Fsp3) is 0.0333. The zero-order chi connectivity index (χ0) is 40.3. The van der Waals surface area contributed by atoms with E-state index in [0.29, 0.717) is 0 Å². The lowest BCUT2D eigenvalue weighted by Crippen LogP contribution is -2.28. The van der Waals surface area contributed by atoms with Gasteiger partial charge in [-0.25, -0.2) is 0 Å². The summed E-state index contributed by atoms with van der Waals surface area (Å²) in [5, 5.41) is 5.04. The van der Waals surface area contributed by atoms with Crippen molar-refractivity contribution in [2.45, 2.75) is 11.8 Å². The van der Waals surface area contributed by atoms with Crippen LogP contribution in [0.4, 0.5) is 0 Å². The monoisotopic (exact) mass is 775 g/mol. The Balaban J connectivity index is 1.04. The molecule has 10 aromatic carbocycles. The first-order valence-electron chi connectivity index (χ1n) is 21.3. The second kappa shape index (κ2) is 14.2. The number of hydrogen-bond acceptors (Lipinski definition) is 0. The molecule has 61 heavy (non-hydrogen) atoms. The van der Waals surface area contributed by atoms with Gasteiger partial charge in [-0.05, 0) is 103 Å². The van der Waals surface area contributed by atoms with Gasteiger partial charge in [0.05, 0.1) is 16.4 Å². The van der Waals surface area contributed by atoms with Crippen LogP contribution in [0.2, 0.25) is 0 Å². The molecule has 1 heterocycles. The first-order valence-corrected chi connectivity index (χ1v) is 21.3. The topological polar surface area (TPSA) is 4.93 Å². The van der Waals surface area contributed by atoms with Crippen LogP contribution in [0.15, 0.2) is 237 Å². The molecule has 0 fully saturated rings. The van der Waals surface area contributed by atoms with Crippen molar-refractivity contribution in [2.75, 3.05) is 0 Å². The summed E-state index contributed by atoms with van der Waals surface area (Å²) in [5.41, 5.74) is 18.4. The normalized spacial score (nSPS) is 14.4. The molecule has 0 spiro atoms. The average Bonchev–Trinajstić information content (AvgIpc) is 3.83. The molecular formula is C60H41N. The molecule has 0 saturated carbocycles. The third kappa shape index (κ3) is 5.62. The fourth-order valence-corrected chi connectivity index (χ4v) is 10.4. The summed E-state index contributed by atoms with van der Waals surface area (Å²) in [6.07, 6.45) is 0.806. The highest BCUT2D eigenvalue weighted by Crippen LogP contribution is 2.56. The van der Waals surface area contributed by atoms with Gasteiger partial charge in [-0.2, -0.15) is 0 Å². The number of hydrogen-bond donors (Lipinski definition) is 0. The molecule has 0 amide bonds. The van der Waals surface area contributed by atoms with E-state index in [1.54, 1.807) is 0 Å². The lowest BCUT2D eigenvalue weighted by atomic mass is 9.67. The van der Waals surface area contributed by atoms with E-state index in [1.807, 2.05) is 0 Å². The van der Waals surface area contributed by atoms with Crippen molar-refractivity contribution in [3.8, 4) is 39.1 Å². The van der Waals surface area contributed by atoms with Crippen molar-refractivity contribution in [2.24, 2.45) is 0 Å². The summed E-state index contributed by atoms with van der Waals surface area (Å²) >= 11 is 0. The van der Waals surface area contributed by atoms with Gasteiger partial charge in [0, 0.05) is 21.8 Å². The fourth-order valence-electron chi connectivity index (χ4n) is 10.4. The largest absolute Gasteiger partial charge is 0.309 e. The van der Waals surface area contributed by atoms with Crippen LogP contribution < -0.4 is 0 Å². The Morgan fingerprint density at radius 2 is 0.934 bits per heavy atom. The first-order chi connectivity index (χ1) is 30.2. The maximum absolute atomic E-state index is 2.51. The van der Waals surface area contributed by atoms with E-state index in [2.05, 4.69) is 241 Å². The van der Waals surface area contributed by atoms with Gasteiger partial charge in [0.15, 0.2) is 0 Å². The molecule has 0 saturated heterocycles. The third-order valence-corrected chi connectivity index (χ3v) is 13.1. The highest BCUT2D eigenvalue weighted by atomic mass is 15.0. The van der Waals surface area contributed by atoms with Gasteiger partial charge in [0.2, 0.25) is 0 Å². The first kappa shape index (κ1) is 35.2. The van der Waals surface area contributed by atoms with Crippen molar-refractivity contribution in [1.82, 2.24) is 4.57 Å². The molecule has 11 aromatic rings. The smallest absolute Gasteiger partial charge is 0.0713 e. The van der Waals surface area contributed by atoms with E-state index in [0.717, 1.165) is 12.1 Å². The van der Waals surface area contributed by atoms with Crippen molar-refractivity contribution in [3.63, 3.8) is 0 Å². The quantitative estimate of drug-likeness (QED) is 0.152. The standard InChI is InChI=1S/C60H41N/c1-4-16-43(17-5-1)46-21-14-25-49(39-46)60(48-23-8-3-9-24-48)56-29-13-12-28-52(56)53-33-30-41(37-57(53)60)36-42-31-34-54-55-35-32-45-20-10-11-27-51(45)59(55)61(58(54)38-42)50-26-15-22-47(40-50)44-18-6-2-7-19-44/h1-35,37-40H,36H2. The van der Waals surface area contributed by atoms with Crippen molar-refractivity contribution in [3.05, 3.63) is 270 Å². The Morgan fingerprint density at radius 3 is 1.74 bits per heavy atom. The molecule has 1 aliphatic rings. The lowest BCUT2D eigenvalue weighted by Gasteiger charge is -2.34. The zero-order valence-corrected chi connectivity index (χ0v) is 33.7. The second-order valence-corrected chi connectivity index (χ2v) is 16.5. The number of nitrogens with zero attached hydrogens (tertiary/aromatic N) is 1. The van der Waals surface area contributed by atoms with E-state index in [1.165, 1.54) is 99.3 Å². The molecule has 1 unspecified atom stereocenters. The Hall–Kier alpha value is -7.74. The molecule has 286 valence electrons. The molecule has 0 bridgehead atoms. The predicted octanol–water partition coefficient (Wildman–Crippen LogP) is 15.2. The summed E-state index contributed by atoms with van der Waals surface area (Å²) in [5.74, 6) is 0. The summed E-state index contributed by atoms with van der Waals surface area (Å²) in [7, 11) is 0. The van der Waals surface area contributed by atoms with E-state index in [9.17, 15) is 0 Å². The molecule has 0 radical (unpaired) electrons. The molecule has 0 N–H and O–H groups in total. The van der Waals surface area contributed by atoms with Crippen LogP contribution in [0.3, 0.4) is 0 Å². The summed E-state index contributed by atoms with van der Waals surface area (Å²) in [6.45, 7) is 0. The van der Waals surface area contributed by atoms with Crippen LogP contribution in [-0.2, 0) is 11.8 Å². The van der Waals surface area contributed by atoms with Gasteiger partial charge in [0.1, 0.15) is 0 Å². The van der Waals surface area contributed by atoms with Gasteiger partial charge >= 0.3 is 0 Å². The molecular weight excluding hydrogens is 735 g/mol. The van der Waals surface area contributed by atoms with Crippen molar-refractivity contribution < 1.29 is 0 Å². The van der Waals surface area contributed by atoms with Gasteiger partial charge in [-0.15, -0.1) is 0 Å². The Bertz CT molecular complexity index is 3430. The number of aromatic nitrogens is 1. The Labute approximate surface area is 356 Å². The van der Waals surface area contributed by atoms with Gasteiger partial charge in [-0.1, -0.05) is 212 Å². The summed E-state index contributed by atoms with van der Waals surface area (Å²) < 4.78 is 2.50. The van der Waals surface area contributed by atoms with Crippen LogP contribution in [-0.4, -0.2) is 4.57 Å². The van der Waals surface area contributed by atoms with Gasteiger partial charge in [0.25, 0.3) is 0 Å². The Kier molecular flexibility index (Phi) is 8.21. The maximum Gasteiger partial charge on any atom is 0.0713 e. The lowest BCUT2D eigenvalue weighted by molar-refractivity contribution is 0.767. The minimum absolute atomic E-state index is 0.491. The zero-order valence-electron chi connectivity index (χ0n) is 33.7. The van der Waals surface area contributed by atoms with E-state index in [4.69, 9.17) is 0 Å².